The van der Waals surface area contributed by atoms with Crippen molar-refractivity contribution < 1.29 is 18.0 Å². The third-order valence-corrected chi connectivity index (χ3v) is 5.54. The number of aromatic nitrogens is 2. The van der Waals surface area contributed by atoms with E-state index in [4.69, 9.17) is 0 Å². The maximum atomic E-state index is 12.0. The van der Waals surface area contributed by atoms with Gasteiger partial charge < -0.3 is 0 Å². The van der Waals surface area contributed by atoms with E-state index in [-0.39, 0.29) is 23.5 Å². The van der Waals surface area contributed by atoms with E-state index >= 15 is 0 Å². The minimum absolute atomic E-state index is 0.00286. The summed E-state index contributed by atoms with van der Waals surface area (Å²) in [6.45, 7) is 0. The molecule has 2 amide bonds. The number of sulfone groups is 1. The van der Waals surface area contributed by atoms with Crippen molar-refractivity contribution in [3.63, 3.8) is 0 Å². The molecule has 1 aromatic carbocycles. The molecule has 2 aromatic rings. The summed E-state index contributed by atoms with van der Waals surface area (Å²) in [6.07, 6.45) is 3.20. The van der Waals surface area contributed by atoms with Crippen LogP contribution in [0.25, 0.3) is 5.69 Å². The molecule has 1 atom stereocenters. The van der Waals surface area contributed by atoms with Crippen molar-refractivity contribution in [3.05, 3.63) is 48.3 Å². The molecule has 2 N–H and O–H groups in total. The molecule has 3 rings (SSSR count). The monoisotopic (exact) mass is 348 g/mol. The highest BCUT2D eigenvalue weighted by Crippen LogP contribution is 2.18. The second-order valence-electron chi connectivity index (χ2n) is 5.55. The fourth-order valence-electron chi connectivity index (χ4n) is 2.46. The lowest BCUT2D eigenvalue weighted by molar-refractivity contribution is -0.125. The Kier molecular flexibility index (Phi) is 4.34. The maximum Gasteiger partial charge on any atom is 0.272 e. The number of rotatable bonds is 3. The van der Waals surface area contributed by atoms with Crippen LogP contribution in [0.15, 0.2) is 42.7 Å². The van der Waals surface area contributed by atoms with Gasteiger partial charge in [0.25, 0.3) is 5.91 Å². The summed E-state index contributed by atoms with van der Waals surface area (Å²) in [5, 5.41) is 4.09. The number of nitrogens with zero attached hydrogens (tertiary/aromatic N) is 2. The topological polar surface area (TPSA) is 110 Å². The smallest absolute Gasteiger partial charge is 0.272 e. The van der Waals surface area contributed by atoms with Crippen LogP contribution in [-0.4, -0.2) is 41.5 Å². The Hall–Kier alpha value is -2.68. The van der Waals surface area contributed by atoms with Crippen molar-refractivity contribution in [2.24, 2.45) is 5.92 Å². The van der Waals surface area contributed by atoms with Crippen molar-refractivity contribution in [3.8, 4) is 5.69 Å². The quantitative estimate of drug-likeness (QED) is 0.763. The molecule has 0 saturated carbocycles. The number of hydrogen-bond donors (Lipinski definition) is 2. The zero-order chi connectivity index (χ0) is 17.2. The summed E-state index contributed by atoms with van der Waals surface area (Å²) in [5.74, 6) is -1.82. The van der Waals surface area contributed by atoms with Crippen LogP contribution in [0.5, 0.6) is 0 Å². The van der Waals surface area contributed by atoms with Gasteiger partial charge in [-0.05, 0) is 18.6 Å². The van der Waals surface area contributed by atoms with Crippen LogP contribution < -0.4 is 10.9 Å². The fourth-order valence-corrected chi connectivity index (χ4v) is 4.20. The average molecular weight is 348 g/mol. The molecule has 24 heavy (non-hydrogen) atoms. The molecule has 0 radical (unpaired) electrons. The van der Waals surface area contributed by atoms with Gasteiger partial charge in [-0.15, -0.1) is 0 Å². The van der Waals surface area contributed by atoms with Crippen molar-refractivity contribution in [2.45, 2.75) is 6.42 Å². The molecular weight excluding hydrogens is 332 g/mol. The molecule has 0 aliphatic carbocycles. The van der Waals surface area contributed by atoms with Crippen molar-refractivity contribution >= 4 is 21.7 Å². The summed E-state index contributed by atoms with van der Waals surface area (Å²) in [7, 11) is -3.15. The lowest BCUT2D eigenvalue weighted by Gasteiger charge is -2.09. The summed E-state index contributed by atoms with van der Waals surface area (Å²) in [5.41, 5.74) is 5.63. The second-order valence-corrected chi connectivity index (χ2v) is 7.78. The van der Waals surface area contributed by atoms with Crippen LogP contribution in [0, 0.1) is 5.92 Å². The first-order valence-electron chi connectivity index (χ1n) is 7.35. The van der Waals surface area contributed by atoms with Crippen LogP contribution in [-0.2, 0) is 14.6 Å². The molecule has 2 heterocycles. The lowest BCUT2D eigenvalue weighted by atomic mass is 10.1. The number of benzene rings is 1. The largest absolute Gasteiger partial charge is 0.273 e. The number of hydrogen-bond acceptors (Lipinski definition) is 5. The van der Waals surface area contributed by atoms with E-state index in [0.717, 1.165) is 5.69 Å². The van der Waals surface area contributed by atoms with Gasteiger partial charge in [0.15, 0.2) is 9.84 Å². The SMILES string of the molecule is O=C(NNC(=O)[C@@H]1CCS(=O)(=O)C1)c1cnn(-c2ccccc2)c1. The highest BCUT2D eigenvalue weighted by Gasteiger charge is 2.33. The van der Waals surface area contributed by atoms with Gasteiger partial charge in [0.1, 0.15) is 0 Å². The van der Waals surface area contributed by atoms with Gasteiger partial charge in [0.2, 0.25) is 5.91 Å². The highest BCUT2D eigenvalue weighted by atomic mass is 32.2. The first-order chi connectivity index (χ1) is 11.4. The predicted octanol–water partition coefficient (Wildman–Crippen LogP) is 0.0680. The minimum atomic E-state index is -3.15. The van der Waals surface area contributed by atoms with E-state index in [2.05, 4.69) is 16.0 Å². The Morgan fingerprint density at radius 2 is 1.92 bits per heavy atom. The molecule has 0 spiro atoms. The second kappa shape index (κ2) is 6.44. The molecule has 1 fully saturated rings. The molecule has 1 saturated heterocycles. The van der Waals surface area contributed by atoms with Crippen molar-refractivity contribution in [2.75, 3.05) is 11.5 Å². The number of carbonyl (C=O) groups is 2. The zero-order valence-electron chi connectivity index (χ0n) is 12.7. The molecule has 0 bridgehead atoms. The van der Waals surface area contributed by atoms with Gasteiger partial charge in [-0.25, -0.2) is 13.1 Å². The van der Waals surface area contributed by atoms with Gasteiger partial charge in [-0.2, -0.15) is 5.10 Å². The fraction of sp³-hybridized carbons (Fsp3) is 0.267. The predicted molar refractivity (Wildman–Crippen MR) is 85.9 cm³/mol. The summed E-state index contributed by atoms with van der Waals surface area (Å²) < 4.78 is 24.3. The summed E-state index contributed by atoms with van der Waals surface area (Å²) in [4.78, 5) is 23.9. The Morgan fingerprint density at radius 1 is 1.17 bits per heavy atom. The number of carbonyl (C=O) groups excluding carboxylic acids is 2. The van der Waals surface area contributed by atoms with Crippen molar-refractivity contribution in [1.82, 2.24) is 20.6 Å². The van der Waals surface area contributed by atoms with E-state index in [0.29, 0.717) is 0 Å². The highest BCUT2D eigenvalue weighted by molar-refractivity contribution is 7.91. The average Bonchev–Trinajstić information content (AvgIpc) is 3.20. The Bertz CT molecular complexity index is 861. The Balaban J connectivity index is 1.58. The zero-order valence-corrected chi connectivity index (χ0v) is 13.5. The van der Waals surface area contributed by atoms with Crippen LogP contribution in [0.2, 0.25) is 0 Å². The number of hydrazine groups is 1. The first kappa shape index (κ1) is 16.2. The van der Waals surface area contributed by atoms with E-state index in [1.807, 2.05) is 30.3 Å². The van der Waals surface area contributed by atoms with Crippen LogP contribution in [0.4, 0.5) is 0 Å². The lowest BCUT2D eigenvalue weighted by Crippen LogP contribution is -2.44. The summed E-state index contributed by atoms with van der Waals surface area (Å²) >= 11 is 0. The normalized spacial score (nSPS) is 18.9. The third-order valence-electron chi connectivity index (χ3n) is 3.77. The molecule has 8 nitrogen and oxygen atoms in total. The Labute approximate surface area is 138 Å². The van der Waals surface area contributed by atoms with E-state index < -0.39 is 27.6 Å². The minimum Gasteiger partial charge on any atom is -0.273 e. The molecule has 1 aliphatic heterocycles. The van der Waals surface area contributed by atoms with Gasteiger partial charge >= 0.3 is 0 Å². The van der Waals surface area contributed by atoms with Crippen LogP contribution in [0.3, 0.4) is 0 Å². The first-order valence-corrected chi connectivity index (χ1v) is 9.17. The van der Waals surface area contributed by atoms with E-state index in [9.17, 15) is 18.0 Å². The number of nitrogens with one attached hydrogen (secondary N) is 2. The van der Waals surface area contributed by atoms with E-state index in [1.54, 1.807) is 4.68 Å². The summed E-state index contributed by atoms with van der Waals surface area (Å²) in [6, 6.07) is 9.27. The van der Waals surface area contributed by atoms with Gasteiger partial charge in [-0.1, -0.05) is 18.2 Å². The van der Waals surface area contributed by atoms with Crippen molar-refractivity contribution in [1.29, 1.82) is 0 Å². The molecular formula is C15H16N4O4S. The number of amides is 2. The third kappa shape index (κ3) is 3.62. The standard InChI is InChI=1S/C15H16N4O4S/c20-14(11-6-7-24(22,23)10-11)17-18-15(21)12-8-16-19(9-12)13-4-2-1-3-5-13/h1-5,8-9,11H,6-7,10H2,(H,17,20)(H,18,21)/t11-/m1/s1. The number of para-hydroxylation sites is 1. The molecule has 1 aromatic heterocycles. The molecule has 9 heteroatoms. The Morgan fingerprint density at radius 3 is 2.58 bits per heavy atom. The van der Waals surface area contributed by atoms with Gasteiger partial charge in [0.05, 0.1) is 34.9 Å². The molecule has 1 aliphatic rings. The maximum absolute atomic E-state index is 12.0. The van der Waals surface area contributed by atoms with Gasteiger partial charge in [0, 0.05) is 6.20 Å². The van der Waals surface area contributed by atoms with E-state index in [1.165, 1.54) is 12.4 Å². The van der Waals surface area contributed by atoms with Crippen LogP contribution in [0.1, 0.15) is 16.8 Å². The molecule has 0 unspecified atom stereocenters. The van der Waals surface area contributed by atoms with Crippen LogP contribution >= 0.6 is 0 Å². The molecule has 126 valence electrons. The van der Waals surface area contributed by atoms with Gasteiger partial charge in [-0.3, -0.25) is 20.4 Å².